The summed E-state index contributed by atoms with van der Waals surface area (Å²) in [7, 11) is 0. The van der Waals surface area contributed by atoms with Crippen LogP contribution in [0.5, 0.6) is 0 Å². The average molecular weight is 541 g/mol. The van der Waals surface area contributed by atoms with Gasteiger partial charge in [0.05, 0.1) is 0 Å². The molecule has 0 radical (unpaired) electrons. The SMILES string of the molecule is CC1(C)[S+]([O-])[C@@H]2[C@H](NC=O)C(=O)N2[C@@]1(NC(=O)OCC(Cl)(Cl)Cl)C(=O)OCc1ccccc1. The number of alkyl carbamates (subject to hydrolysis) is 1. The molecule has 14 heteroatoms. The quantitative estimate of drug-likeness (QED) is 0.175. The van der Waals surface area contributed by atoms with Crippen molar-refractivity contribution in [1.29, 1.82) is 0 Å². The van der Waals surface area contributed by atoms with E-state index in [4.69, 9.17) is 44.3 Å². The van der Waals surface area contributed by atoms with Gasteiger partial charge in [0.1, 0.15) is 13.2 Å². The van der Waals surface area contributed by atoms with Gasteiger partial charge < -0.3 is 19.3 Å². The molecule has 1 unspecified atom stereocenters. The third-order valence-corrected chi connectivity index (χ3v) is 7.95. The van der Waals surface area contributed by atoms with Crippen LogP contribution in [0.15, 0.2) is 30.3 Å². The lowest BCUT2D eigenvalue weighted by molar-refractivity contribution is -0.178. The van der Waals surface area contributed by atoms with Crippen LogP contribution < -0.4 is 10.6 Å². The van der Waals surface area contributed by atoms with E-state index in [1.807, 2.05) is 0 Å². The third kappa shape index (κ3) is 4.57. The first-order valence-electron chi connectivity index (χ1n) is 9.53. The summed E-state index contributed by atoms with van der Waals surface area (Å²) in [5.41, 5.74) is -1.58. The number of amides is 3. The van der Waals surface area contributed by atoms with Crippen LogP contribution in [0.4, 0.5) is 4.79 Å². The van der Waals surface area contributed by atoms with Gasteiger partial charge in [-0.1, -0.05) is 65.1 Å². The molecule has 1 aromatic carbocycles. The first-order chi connectivity index (χ1) is 15.4. The smallest absolute Gasteiger partial charge is 0.409 e. The number of ether oxygens (including phenoxy) is 2. The fraction of sp³-hybridized carbons (Fsp3) is 0.474. The molecule has 0 bridgehead atoms. The summed E-state index contributed by atoms with van der Waals surface area (Å²) in [6, 6.07) is 7.55. The number of esters is 1. The lowest BCUT2D eigenvalue weighted by Gasteiger charge is -2.46. The Morgan fingerprint density at radius 3 is 2.45 bits per heavy atom. The molecule has 2 heterocycles. The molecule has 2 aliphatic heterocycles. The van der Waals surface area contributed by atoms with Crippen molar-refractivity contribution < 1.29 is 33.2 Å². The van der Waals surface area contributed by atoms with E-state index in [1.54, 1.807) is 30.3 Å². The molecule has 3 rings (SSSR count). The molecule has 2 fully saturated rings. The number of alkyl halides is 3. The van der Waals surface area contributed by atoms with Gasteiger partial charge in [-0.15, -0.1) is 0 Å². The number of halogens is 3. The lowest BCUT2D eigenvalue weighted by atomic mass is 9.88. The summed E-state index contributed by atoms with van der Waals surface area (Å²) >= 11 is 14.9. The van der Waals surface area contributed by atoms with Gasteiger partial charge in [0.15, 0.2) is 10.8 Å². The minimum absolute atomic E-state index is 0.183. The van der Waals surface area contributed by atoms with Crippen molar-refractivity contribution in [3.8, 4) is 0 Å². The van der Waals surface area contributed by atoms with Crippen LogP contribution in [-0.4, -0.2) is 66.1 Å². The predicted molar refractivity (Wildman–Crippen MR) is 120 cm³/mol. The van der Waals surface area contributed by atoms with Gasteiger partial charge in [-0.2, -0.15) is 0 Å². The number of nitrogens with zero attached hydrogens (tertiary/aromatic N) is 1. The van der Waals surface area contributed by atoms with Gasteiger partial charge in [-0.05, 0) is 30.6 Å². The minimum atomic E-state index is -2.22. The third-order valence-electron chi connectivity index (χ3n) is 5.40. The highest BCUT2D eigenvalue weighted by molar-refractivity contribution is 7.94. The molecular formula is C19H20Cl3N3O7S. The number of β-lactam (4-membered cyclic amide) rings is 1. The highest BCUT2D eigenvalue weighted by atomic mass is 35.6. The van der Waals surface area contributed by atoms with Crippen LogP contribution in [0.3, 0.4) is 0 Å². The molecule has 1 aromatic rings. The highest BCUT2D eigenvalue weighted by Crippen LogP contribution is 2.51. The maximum atomic E-state index is 13.4. The van der Waals surface area contributed by atoms with Crippen LogP contribution in [0.2, 0.25) is 0 Å². The Morgan fingerprint density at radius 2 is 1.88 bits per heavy atom. The van der Waals surface area contributed by atoms with E-state index < -0.39 is 61.4 Å². The molecule has 0 saturated carbocycles. The van der Waals surface area contributed by atoms with Gasteiger partial charge in [-0.25, -0.2) is 9.59 Å². The molecule has 3 amide bonds. The van der Waals surface area contributed by atoms with E-state index in [2.05, 4.69) is 10.6 Å². The molecule has 2 N–H and O–H groups in total. The normalized spacial score (nSPS) is 27.8. The molecule has 0 spiro atoms. The summed E-state index contributed by atoms with van der Waals surface area (Å²) in [4.78, 5) is 50.8. The molecule has 4 atom stereocenters. The molecule has 0 aliphatic carbocycles. The fourth-order valence-electron chi connectivity index (χ4n) is 3.77. The summed E-state index contributed by atoms with van der Waals surface area (Å²) in [5.74, 6) is -1.78. The molecule has 180 valence electrons. The maximum Gasteiger partial charge on any atom is 0.409 e. The van der Waals surface area contributed by atoms with Gasteiger partial charge in [0.2, 0.25) is 15.6 Å². The van der Waals surface area contributed by atoms with Crippen molar-refractivity contribution in [1.82, 2.24) is 15.5 Å². The number of hydrogen-bond donors (Lipinski definition) is 2. The largest absolute Gasteiger partial charge is 0.614 e. The number of carbonyl (C=O) groups excluding carboxylic acids is 4. The second-order valence-electron chi connectivity index (χ2n) is 7.76. The minimum Gasteiger partial charge on any atom is -0.614 e. The van der Waals surface area contributed by atoms with E-state index in [0.29, 0.717) is 12.0 Å². The monoisotopic (exact) mass is 539 g/mol. The summed E-state index contributed by atoms with van der Waals surface area (Å²) in [6.45, 7) is 2.00. The topological polar surface area (TPSA) is 137 Å². The van der Waals surface area contributed by atoms with Crippen LogP contribution in [0.1, 0.15) is 19.4 Å². The van der Waals surface area contributed by atoms with Crippen molar-refractivity contribution in [2.45, 2.75) is 46.1 Å². The molecular weight excluding hydrogens is 521 g/mol. The van der Waals surface area contributed by atoms with E-state index in [-0.39, 0.29) is 6.61 Å². The Kier molecular flexibility index (Phi) is 7.30. The van der Waals surface area contributed by atoms with Crippen LogP contribution >= 0.6 is 34.8 Å². The number of fused-ring (bicyclic) bond motifs is 1. The van der Waals surface area contributed by atoms with Gasteiger partial charge in [0, 0.05) is 0 Å². The molecule has 2 aliphatic rings. The van der Waals surface area contributed by atoms with E-state index >= 15 is 0 Å². The number of benzene rings is 1. The van der Waals surface area contributed by atoms with Crippen molar-refractivity contribution in [3.05, 3.63) is 35.9 Å². The predicted octanol–water partition coefficient (Wildman–Crippen LogP) is 1.35. The second kappa shape index (κ2) is 9.38. The standard InChI is InChI=1S/C19H20Cl3N3O7S/c1-17(2)19(24-16(29)32-9-18(20,21)22,15(28)31-8-11-6-4-3-5-7-11)25-13(27)12(23-10-26)14(25)33(17)30/h3-7,10,12,14H,8-9H2,1-2H3,(H,23,26)(H,24,29)/t12-,14-,19+,33?/m1/s1. The molecule has 2 saturated heterocycles. The van der Waals surface area contributed by atoms with E-state index in [9.17, 15) is 23.7 Å². The van der Waals surface area contributed by atoms with Crippen molar-refractivity contribution >= 4 is 70.4 Å². The number of nitrogens with one attached hydrogen (secondary N) is 2. The Bertz CT molecular complexity index is 946. The van der Waals surface area contributed by atoms with Gasteiger partial charge in [0.25, 0.3) is 11.6 Å². The number of carbonyl (C=O) groups is 4. The van der Waals surface area contributed by atoms with Crippen LogP contribution in [0, 0.1) is 0 Å². The number of hydrogen-bond acceptors (Lipinski definition) is 7. The Labute approximate surface area is 207 Å². The first kappa shape index (κ1) is 25.7. The zero-order valence-corrected chi connectivity index (χ0v) is 20.5. The lowest BCUT2D eigenvalue weighted by Crippen LogP contribution is -2.80. The zero-order valence-electron chi connectivity index (χ0n) is 17.4. The first-order valence-corrected chi connectivity index (χ1v) is 11.9. The maximum absolute atomic E-state index is 13.4. The van der Waals surface area contributed by atoms with Crippen molar-refractivity contribution in [2.24, 2.45) is 0 Å². The van der Waals surface area contributed by atoms with Crippen molar-refractivity contribution in [3.63, 3.8) is 0 Å². The van der Waals surface area contributed by atoms with Gasteiger partial charge >= 0.3 is 12.1 Å². The van der Waals surface area contributed by atoms with Crippen molar-refractivity contribution in [2.75, 3.05) is 6.61 Å². The average Bonchev–Trinajstić information content (AvgIpc) is 2.91. The fourth-order valence-corrected chi connectivity index (χ4v) is 5.96. The highest BCUT2D eigenvalue weighted by Gasteiger charge is 2.82. The Balaban J connectivity index is 1.95. The number of rotatable bonds is 7. The van der Waals surface area contributed by atoms with Crippen LogP contribution in [-0.2, 0) is 41.6 Å². The summed E-state index contributed by atoms with van der Waals surface area (Å²) in [6.07, 6.45) is -0.913. The van der Waals surface area contributed by atoms with Crippen LogP contribution in [0.25, 0.3) is 0 Å². The Morgan fingerprint density at radius 1 is 1.24 bits per heavy atom. The molecule has 0 aromatic heterocycles. The van der Waals surface area contributed by atoms with Gasteiger partial charge in [-0.3, -0.25) is 19.8 Å². The summed E-state index contributed by atoms with van der Waals surface area (Å²) < 4.78 is 20.1. The van der Waals surface area contributed by atoms with E-state index in [0.717, 1.165) is 4.90 Å². The molecule has 10 nitrogen and oxygen atoms in total. The summed E-state index contributed by atoms with van der Waals surface area (Å²) in [5, 5.41) is 3.53. The Hall–Kier alpha value is -1.92. The van der Waals surface area contributed by atoms with E-state index in [1.165, 1.54) is 13.8 Å². The second-order valence-corrected chi connectivity index (χ2v) is 12.4. The molecule has 33 heavy (non-hydrogen) atoms. The zero-order chi connectivity index (χ0) is 24.6.